The van der Waals surface area contributed by atoms with Gasteiger partial charge in [-0.15, -0.1) is 0 Å². The van der Waals surface area contributed by atoms with Crippen LogP contribution in [0.1, 0.15) is 33.3 Å². The SMILES string of the molecule is CCc1ccncc1NC(=O)OC(C)(C)C. The van der Waals surface area contributed by atoms with Crippen LogP contribution >= 0.6 is 0 Å². The lowest BCUT2D eigenvalue weighted by Gasteiger charge is -2.20. The number of carbonyl (C=O) groups is 1. The lowest BCUT2D eigenvalue weighted by Crippen LogP contribution is -2.27. The maximum atomic E-state index is 11.5. The van der Waals surface area contributed by atoms with Crippen molar-refractivity contribution in [1.29, 1.82) is 0 Å². The van der Waals surface area contributed by atoms with E-state index in [-0.39, 0.29) is 0 Å². The van der Waals surface area contributed by atoms with Gasteiger partial charge in [-0.2, -0.15) is 0 Å². The molecule has 1 N–H and O–H groups in total. The zero-order valence-electron chi connectivity index (χ0n) is 10.2. The summed E-state index contributed by atoms with van der Waals surface area (Å²) in [5.74, 6) is 0. The average molecular weight is 222 g/mol. The van der Waals surface area contributed by atoms with Crippen LogP contribution in [0.25, 0.3) is 0 Å². The number of aromatic nitrogens is 1. The quantitative estimate of drug-likeness (QED) is 0.836. The van der Waals surface area contributed by atoms with Gasteiger partial charge in [-0.1, -0.05) is 6.92 Å². The first-order valence-electron chi connectivity index (χ1n) is 5.35. The largest absolute Gasteiger partial charge is 0.444 e. The molecule has 0 aliphatic heterocycles. The van der Waals surface area contributed by atoms with Gasteiger partial charge in [-0.3, -0.25) is 10.3 Å². The number of amides is 1. The Kier molecular flexibility index (Phi) is 3.88. The van der Waals surface area contributed by atoms with Crippen LogP contribution in [0.3, 0.4) is 0 Å². The van der Waals surface area contributed by atoms with E-state index in [1.165, 1.54) is 0 Å². The minimum absolute atomic E-state index is 0.449. The Morgan fingerprint density at radius 1 is 1.50 bits per heavy atom. The van der Waals surface area contributed by atoms with Gasteiger partial charge >= 0.3 is 6.09 Å². The molecule has 16 heavy (non-hydrogen) atoms. The van der Waals surface area contributed by atoms with Crippen LogP contribution in [0.15, 0.2) is 18.5 Å². The lowest BCUT2D eigenvalue weighted by molar-refractivity contribution is 0.0635. The summed E-state index contributed by atoms with van der Waals surface area (Å²) in [5, 5.41) is 2.69. The molecule has 0 saturated heterocycles. The third-order valence-corrected chi connectivity index (χ3v) is 1.93. The van der Waals surface area contributed by atoms with E-state index in [0.29, 0.717) is 5.69 Å². The predicted molar refractivity (Wildman–Crippen MR) is 63.5 cm³/mol. The Morgan fingerprint density at radius 2 is 2.19 bits per heavy atom. The molecule has 0 unspecified atom stereocenters. The van der Waals surface area contributed by atoms with Crippen LogP contribution in [0.4, 0.5) is 10.5 Å². The number of nitrogens with one attached hydrogen (secondary N) is 1. The molecule has 1 aromatic rings. The molecule has 4 heteroatoms. The smallest absolute Gasteiger partial charge is 0.412 e. The van der Waals surface area contributed by atoms with E-state index >= 15 is 0 Å². The number of pyridine rings is 1. The molecule has 0 radical (unpaired) electrons. The molecular formula is C12H18N2O2. The van der Waals surface area contributed by atoms with E-state index in [1.54, 1.807) is 12.4 Å². The molecule has 0 atom stereocenters. The van der Waals surface area contributed by atoms with Gasteiger partial charge in [0.15, 0.2) is 0 Å². The van der Waals surface area contributed by atoms with Crippen molar-refractivity contribution in [2.75, 3.05) is 5.32 Å². The Hall–Kier alpha value is -1.58. The van der Waals surface area contributed by atoms with E-state index < -0.39 is 11.7 Å². The second-order valence-electron chi connectivity index (χ2n) is 4.51. The fraction of sp³-hybridized carbons (Fsp3) is 0.500. The summed E-state index contributed by atoms with van der Waals surface area (Å²) < 4.78 is 5.16. The molecule has 0 spiro atoms. The summed E-state index contributed by atoms with van der Waals surface area (Å²) in [6.45, 7) is 7.51. The zero-order valence-corrected chi connectivity index (χ0v) is 10.2. The van der Waals surface area contributed by atoms with Crippen molar-refractivity contribution in [3.63, 3.8) is 0 Å². The van der Waals surface area contributed by atoms with Crippen molar-refractivity contribution in [3.05, 3.63) is 24.0 Å². The van der Waals surface area contributed by atoms with Crippen LogP contribution in [0.5, 0.6) is 0 Å². The molecule has 1 amide bonds. The highest BCUT2D eigenvalue weighted by atomic mass is 16.6. The Labute approximate surface area is 96.0 Å². The topological polar surface area (TPSA) is 51.2 Å². The molecule has 0 aliphatic carbocycles. The van der Waals surface area contributed by atoms with Crippen molar-refractivity contribution in [1.82, 2.24) is 4.98 Å². The van der Waals surface area contributed by atoms with Gasteiger partial charge in [0.2, 0.25) is 0 Å². The van der Waals surface area contributed by atoms with Gasteiger partial charge < -0.3 is 4.74 Å². The Morgan fingerprint density at radius 3 is 2.75 bits per heavy atom. The third-order valence-electron chi connectivity index (χ3n) is 1.93. The molecular weight excluding hydrogens is 204 g/mol. The molecule has 0 saturated carbocycles. The van der Waals surface area contributed by atoms with Gasteiger partial charge in [0.05, 0.1) is 11.9 Å². The molecule has 1 rings (SSSR count). The second kappa shape index (κ2) is 4.96. The standard InChI is InChI=1S/C12H18N2O2/c1-5-9-6-7-13-8-10(9)14-11(15)16-12(2,3)4/h6-8H,5H2,1-4H3,(H,14,15). The summed E-state index contributed by atoms with van der Waals surface area (Å²) in [5.41, 5.74) is 1.26. The van der Waals surface area contributed by atoms with E-state index in [1.807, 2.05) is 33.8 Å². The van der Waals surface area contributed by atoms with Crippen LogP contribution in [-0.4, -0.2) is 16.7 Å². The Balaban J connectivity index is 2.70. The molecule has 88 valence electrons. The summed E-state index contributed by atoms with van der Waals surface area (Å²) in [4.78, 5) is 15.5. The van der Waals surface area contributed by atoms with Crippen molar-refractivity contribution in [3.8, 4) is 0 Å². The summed E-state index contributed by atoms with van der Waals surface area (Å²) in [6.07, 6.45) is 3.73. The zero-order chi connectivity index (χ0) is 12.2. The van der Waals surface area contributed by atoms with E-state index in [4.69, 9.17) is 4.74 Å². The van der Waals surface area contributed by atoms with Crippen molar-refractivity contribution in [2.45, 2.75) is 39.7 Å². The molecule has 1 heterocycles. The first kappa shape index (κ1) is 12.5. The van der Waals surface area contributed by atoms with Crippen LogP contribution in [0, 0.1) is 0 Å². The van der Waals surface area contributed by atoms with Gasteiger partial charge in [-0.25, -0.2) is 4.79 Å². The van der Waals surface area contributed by atoms with E-state index in [9.17, 15) is 4.79 Å². The number of ether oxygens (including phenoxy) is 1. The summed E-state index contributed by atoms with van der Waals surface area (Å²) in [7, 11) is 0. The highest BCUT2D eigenvalue weighted by molar-refractivity contribution is 5.85. The number of hydrogen-bond donors (Lipinski definition) is 1. The highest BCUT2D eigenvalue weighted by Crippen LogP contribution is 2.15. The van der Waals surface area contributed by atoms with Crippen molar-refractivity contribution < 1.29 is 9.53 Å². The number of aryl methyl sites for hydroxylation is 1. The fourth-order valence-corrected chi connectivity index (χ4v) is 1.26. The van der Waals surface area contributed by atoms with Crippen LogP contribution in [0.2, 0.25) is 0 Å². The third kappa shape index (κ3) is 3.88. The number of anilines is 1. The minimum Gasteiger partial charge on any atom is -0.444 e. The monoisotopic (exact) mass is 222 g/mol. The predicted octanol–water partition coefficient (Wildman–Crippen LogP) is 2.99. The highest BCUT2D eigenvalue weighted by Gasteiger charge is 2.16. The number of nitrogens with zero attached hydrogens (tertiary/aromatic N) is 1. The van der Waals surface area contributed by atoms with Gasteiger partial charge in [0.1, 0.15) is 5.60 Å². The molecule has 0 fully saturated rings. The van der Waals surface area contributed by atoms with Crippen molar-refractivity contribution in [2.24, 2.45) is 0 Å². The lowest BCUT2D eigenvalue weighted by atomic mass is 10.2. The minimum atomic E-state index is -0.487. The van der Waals surface area contributed by atoms with Crippen LogP contribution in [-0.2, 0) is 11.2 Å². The maximum absolute atomic E-state index is 11.5. The van der Waals surface area contributed by atoms with Gasteiger partial charge in [0.25, 0.3) is 0 Å². The molecule has 0 aromatic carbocycles. The second-order valence-corrected chi connectivity index (χ2v) is 4.51. The fourth-order valence-electron chi connectivity index (χ4n) is 1.26. The summed E-state index contributed by atoms with van der Waals surface area (Å²) >= 11 is 0. The van der Waals surface area contributed by atoms with Crippen molar-refractivity contribution >= 4 is 11.8 Å². The molecule has 0 aliphatic rings. The maximum Gasteiger partial charge on any atom is 0.412 e. The first-order valence-corrected chi connectivity index (χ1v) is 5.35. The van der Waals surface area contributed by atoms with E-state index in [0.717, 1.165) is 12.0 Å². The van der Waals surface area contributed by atoms with E-state index in [2.05, 4.69) is 10.3 Å². The van der Waals surface area contributed by atoms with Crippen LogP contribution < -0.4 is 5.32 Å². The Bertz CT molecular complexity index is 370. The summed E-state index contributed by atoms with van der Waals surface area (Å²) in [6, 6.07) is 1.88. The number of hydrogen-bond acceptors (Lipinski definition) is 3. The normalized spacial score (nSPS) is 11.0. The van der Waals surface area contributed by atoms with Gasteiger partial charge in [-0.05, 0) is 38.8 Å². The number of carbonyl (C=O) groups excluding carboxylic acids is 1. The molecule has 4 nitrogen and oxygen atoms in total. The molecule has 1 aromatic heterocycles. The first-order chi connectivity index (χ1) is 7.42. The van der Waals surface area contributed by atoms with Gasteiger partial charge in [0, 0.05) is 6.20 Å². The number of rotatable bonds is 2. The average Bonchev–Trinajstić information content (AvgIpc) is 2.15. The molecule has 0 bridgehead atoms.